The number of rotatable bonds is 11. The number of benzene rings is 1. The highest BCUT2D eigenvalue weighted by molar-refractivity contribution is 7.88. The van der Waals surface area contributed by atoms with E-state index in [9.17, 15) is 13.2 Å². The van der Waals surface area contributed by atoms with Crippen molar-refractivity contribution in [3.63, 3.8) is 0 Å². The molecule has 1 aliphatic heterocycles. The Hall–Kier alpha value is -2.24. The molecule has 0 aromatic heterocycles. The molecular weight excluding hydrogens is 352 g/mol. The first kappa shape index (κ1) is 20.1. The van der Waals surface area contributed by atoms with Crippen LogP contribution in [0.5, 0.6) is 0 Å². The zero-order valence-electron chi connectivity index (χ0n) is 14.9. The van der Waals surface area contributed by atoms with E-state index in [1.807, 2.05) is 30.3 Å². The minimum Gasteiger partial charge on any atom is -0.356 e. The molecule has 0 atom stereocenters. The molecule has 0 unspecified atom stereocenters. The van der Waals surface area contributed by atoms with Gasteiger partial charge in [0.15, 0.2) is 5.66 Å². The molecule has 8 heteroatoms. The van der Waals surface area contributed by atoms with Gasteiger partial charge in [0.05, 0.1) is 6.26 Å². The van der Waals surface area contributed by atoms with Gasteiger partial charge in [0.1, 0.15) is 0 Å². The molecule has 1 aromatic rings. The normalized spacial score (nSPS) is 14.8. The highest BCUT2D eigenvalue weighted by Gasteiger charge is 2.38. The molecule has 1 N–H and O–H groups in total. The lowest BCUT2D eigenvalue weighted by atomic mass is 10.0. The lowest BCUT2D eigenvalue weighted by Gasteiger charge is -2.20. The van der Waals surface area contributed by atoms with Crippen molar-refractivity contribution in [3.05, 3.63) is 35.9 Å². The summed E-state index contributed by atoms with van der Waals surface area (Å²) in [4.78, 5) is 12.0. The minimum absolute atomic E-state index is 0.103. The number of hydrogen-bond acceptors (Lipinski definition) is 5. The highest BCUT2D eigenvalue weighted by atomic mass is 32.2. The van der Waals surface area contributed by atoms with Crippen molar-refractivity contribution in [3.8, 4) is 12.3 Å². The molecule has 0 saturated heterocycles. The maximum Gasteiger partial charge on any atom is 0.221 e. The number of nitrogens with zero attached hydrogens (tertiary/aromatic N) is 3. The second-order valence-electron chi connectivity index (χ2n) is 6.32. The molecule has 140 valence electrons. The van der Waals surface area contributed by atoms with Crippen molar-refractivity contribution < 1.29 is 13.2 Å². The van der Waals surface area contributed by atoms with E-state index < -0.39 is 15.7 Å². The Labute approximate surface area is 154 Å². The van der Waals surface area contributed by atoms with Crippen LogP contribution in [0.2, 0.25) is 0 Å². The maximum atomic E-state index is 12.0. The highest BCUT2D eigenvalue weighted by Crippen LogP contribution is 2.35. The van der Waals surface area contributed by atoms with Crippen molar-refractivity contribution in [2.75, 3.05) is 19.3 Å². The average molecular weight is 376 g/mol. The Morgan fingerprint density at radius 1 is 1.27 bits per heavy atom. The molecule has 0 bridgehead atoms. The molecule has 1 aromatic carbocycles. The average Bonchev–Trinajstić information content (AvgIpc) is 3.37. The zero-order chi connectivity index (χ0) is 19.0. The summed E-state index contributed by atoms with van der Waals surface area (Å²) in [5.41, 5.74) is 0.455. The first-order chi connectivity index (χ1) is 12.3. The second kappa shape index (κ2) is 8.92. The summed E-state index contributed by atoms with van der Waals surface area (Å²) in [6.07, 6.45) is 8.40. The van der Waals surface area contributed by atoms with Gasteiger partial charge in [-0.15, -0.1) is 12.3 Å². The Morgan fingerprint density at radius 2 is 1.96 bits per heavy atom. The van der Waals surface area contributed by atoms with Crippen molar-refractivity contribution in [1.82, 2.24) is 9.62 Å². The first-order valence-corrected chi connectivity index (χ1v) is 10.3. The molecule has 1 aliphatic rings. The van der Waals surface area contributed by atoms with Crippen molar-refractivity contribution in [1.29, 1.82) is 0 Å². The third-order valence-electron chi connectivity index (χ3n) is 4.16. The number of carbonyl (C=O) groups excluding carboxylic acids is 1. The molecule has 1 heterocycles. The fourth-order valence-electron chi connectivity index (χ4n) is 2.53. The van der Waals surface area contributed by atoms with Gasteiger partial charge in [0.2, 0.25) is 15.9 Å². The van der Waals surface area contributed by atoms with Crippen molar-refractivity contribution >= 4 is 15.9 Å². The van der Waals surface area contributed by atoms with Crippen LogP contribution in [0.25, 0.3) is 0 Å². The van der Waals surface area contributed by atoms with Crippen molar-refractivity contribution in [2.24, 2.45) is 10.2 Å². The quantitative estimate of drug-likeness (QED) is 0.598. The lowest BCUT2D eigenvalue weighted by Crippen LogP contribution is -2.35. The van der Waals surface area contributed by atoms with E-state index >= 15 is 0 Å². The van der Waals surface area contributed by atoms with Gasteiger partial charge in [0.25, 0.3) is 0 Å². The van der Waals surface area contributed by atoms with Crippen LogP contribution >= 0.6 is 0 Å². The Balaban J connectivity index is 1.76. The van der Waals surface area contributed by atoms with E-state index in [1.54, 1.807) is 0 Å². The van der Waals surface area contributed by atoms with Gasteiger partial charge in [-0.1, -0.05) is 30.3 Å². The van der Waals surface area contributed by atoms with E-state index in [4.69, 9.17) is 6.42 Å². The third kappa shape index (κ3) is 6.58. The molecule has 2 rings (SSSR count). The molecule has 0 saturated carbocycles. The summed E-state index contributed by atoms with van der Waals surface area (Å²) >= 11 is 0. The van der Waals surface area contributed by atoms with Crippen LogP contribution < -0.4 is 5.32 Å². The molecule has 26 heavy (non-hydrogen) atoms. The summed E-state index contributed by atoms with van der Waals surface area (Å²) in [6, 6.07) is 9.29. The minimum atomic E-state index is -3.40. The van der Waals surface area contributed by atoms with Crippen molar-refractivity contribution in [2.45, 2.75) is 37.9 Å². The van der Waals surface area contributed by atoms with Gasteiger partial charge in [-0.25, -0.2) is 8.42 Å². The SMILES string of the molecule is C#CCCC1(CCNC(=O)CCN(Cc2ccccc2)S(C)(=O)=O)N=N1. The first-order valence-electron chi connectivity index (χ1n) is 8.48. The predicted octanol–water partition coefficient (Wildman–Crippen LogP) is 1.92. The smallest absolute Gasteiger partial charge is 0.221 e. The lowest BCUT2D eigenvalue weighted by molar-refractivity contribution is -0.121. The number of hydrogen-bond donors (Lipinski definition) is 1. The molecular formula is C18H24N4O3S. The number of sulfonamides is 1. The van der Waals surface area contributed by atoms with Gasteiger partial charge in [-0.3, -0.25) is 4.79 Å². The van der Waals surface area contributed by atoms with Gasteiger partial charge in [0, 0.05) is 45.3 Å². The topological polar surface area (TPSA) is 91.2 Å². The predicted molar refractivity (Wildman–Crippen MR) is 99.6 cm³/mol. The second-order valence-corrected chi connectivity index (χ2v) is 8.30. The van der Waals surface area contributed by atoms with Gasteiger partial charge < -0.3 is 5.32 Å². The Morgan fingerprint density at radius 3 is 2.54 bits per heavy atom. The summed E-state index contributed by atoms with van der Waals surface area (Å²) in [6.45, 7) is 0.824. The fourth-order valence-corrected chi connectivity index (χ4v) is 3.34. The van der Waals surface area contributed by atoms with Crippen LogP contribution in [0.1, 0.15) is 31.2 Å². The van der Waals surface area contributed by atoms with Crippen LogP contribution in [0, 0.1) is 12.3 Å². The fraction of sp³-hybridized carbons (Fsp3) is 0.500. The Kier molecular flexibility index (Phi) is 6.89. The Bertz CT molecular complexity index is 778. The van der Waals surface area contributed by atoms with Crippen LogP contribution in [0.3, 0.4) is 0 Å². The van der Waals surface area contributed by atoms with Crippen LogP contribution in [0.15, 0.2) is 40.6 Å². The molecule has 0 aliphatic carbocycles. The van der Waals surface area contributed by atoms with Gasteiger partial charge in [-0.2, -0.15) is 14.5 Å². The van der Waals surface area contributed by atoms with Gasteiger partial charge >= 0.3 is 0 Å². The van der Waals surface area contributed by atoms with E-state index in [0.717, 1.165) is 11.8 Å². The third-order valence-corrected chi connectivity index (χ3v) is 5.41. The van der Waals surface area contributed by atoms with E-state index in [1.165, 1.54) is 4.31 Å². The van der Waals surface area contributed by atoms with E-state index in [0.29, 0.717) is 25.8 Å². The summed E-state index contributed by atoms with van der Waals surface area (Å²) < 4.78 is 25.2. The van der Waals surface area contributed by atoms with Crippen LogP contribution in [-0.4, -0.2) is 43.6 Å². The molecule has 0 radical (unpaired) electrons. The van der Waals surface area contributed by atoms with Crippen LogP contribution in [-0.2, 0) is 21.4 Å². The maximum absolute atomic E-state index is 12.0. The molecule has 0 spiro atoms. The number of carbonyl (C=O) groups is 1. The number of terminal acetylenes is 1. The standard InChI is InChI=1S/C18H24N4O3S/c1-3-4-11-18(20-21-18)12-13-19-17(23)10-14-22(26(2,24)25)15-16-8-6-5-7-9-16/h1,5-9H,4,10-15H2,2H3,(H,19,23). The summed E-state index contributed by atoms with van der Waals surface area (Å²) in [7, 11) is -3.40. The molecule has 1 amide bonds. The molecule has 7 nitrogen and oxygen atoms in total. The van der Waals surface area contributed by atoms with Crippen LogP contribution in [0.4, 0.5) is 0 Å². The summed E-state index contributed by atoms with van der Waals surface area (Å²) in [5, 5.41) is 10.8. The monoisotopic (exact) mass is 376 g/mol. The van der Waals surface area contributed by atoms with Gasteiger partial charge in [-0.05, 0) is 5.56 Å². The number of amides is 1. The summed E-state index contributed by atoms with van der Waals surface area (Å²) in [5.74, 6) is 2.37. The number of nitrogens with one attached hydrogen (secondary N) is 1. The molecule has 0 fully saturated rings. The van der Waals surface area contributed by atoms with E-state index in [2.05, 4.69) is 21.5 Å². The largest absolute Gasteiger partial charge is 0.356 e. The zero-order valence-corrected chi connectivity index (χ0v) is 15.7. The van der Waals surface area contributed by atoms with E-state index in [-0.39, 0.29) is 25.4 Å².